The Morgan fingerprint density at radius 3 is 2.45 bits per heavy atom. The smallest absolute Gasteiger partial charge is 0.0535 e. The van der Waals surface area contributed by atoms with E-state index in [1.54, 1.807) is 0 Å². The summed E-state index contributed by atoms with van der Waals surface area (Å²) in [5.41, 5.74) is 19.0. The summed E-state index contributed by atoms with van der Waals surface area (Å²) in [5, 5.41) is 4.05. The molecule has 0 N–H and O–H groups in total. The Bertz CT molecular complexity index is 2970. The first-order chi connectivity index (χ1) is 27.2. The van der Waals surface area contributed by atoms with Crippen molar-refractivity contribution in [2.45, 2.75) is 51.9 Å². The van der Waals surface area contributed by atoms with Gasteiger partial charge in [0.15, 0.2) is 0 Å². The van der Waals surface area contributed by atoms with E-state index in [2.05, 4.69) is 168 Å². The lowest BCUT2D eigenvalue weighted by molar-refractivity contribution is 0.834. The number of rotatable bonds is 6. The second-order valence-corrected chi connectivity index (χ2v) is 16.3. The molecule has 0 spiro atoms. The summed E-state index contributed by atoms with van der Waals surface area (Å²) in [6.07, 6.45) is 23.7. The molecule has 11 rings (SSSR count). The molecule has 0 fully saturated rings. The van der Waals surface area contributed by atoms with Crippen molar-refractivity contribution in [2.75, 3.05) is 0 Å². The van der Waals surface area contributed by atoms with E-state index in [-0.39, 0.29) is 0 Å². The third kappa shape index (κ3) is 5.28. The average Bonchev–Trinajstić information content (AvgIpc) is 3.90. The first kappa shape index (κ1) is 32.5. The van der Waals surface area contributed by atoms with Crippen molar-refractivity contribution in [3.63, 3.8) is 0 Å². The van der Waals surface area contributed by atoms with Gasteiger partial charge in [0.2, 0.25) is 0 Å². The van der Waals surface area contributed by atoms with E-state index < -0.39 is 0 Å². The van der Waals surface area contributed by atoms with Crippen LogP contribution in [-0.4, -0.2) is 9.13 Å². The van der Waals surface area contributed by atoms with Crippen molar-refractivity contribution in [2.24, 2.45) is 0 Å². The Morgan fingerprint density at radius 1 is 0.655 bits per heavy atom. The molecule has 5 aromatic carbocycles. The lowest BCUT2D eigenvalue weighted by Gasteiger charge is -2.21. The predicted octanol–water partition coefficient (Wildman–Crippen LogP) is 14.1. The van der Waals surface area contributed by atoms with Crippen molar-refractivity contribution in [3.05, 3.63) is 173 Å². The third-order valence-corrected chi connectivity index (χ3v) is 13.3. The van der Waals surface area contributed by atoms with Crippen molar-refractivity contribution in [1.82, 2.24) is 9.13 Å². The van der Waals surface area contributed by atoms with Crippen molar-refractivity contribution in [3.8, 4) is 27.9 Å². The Labute approximate surface area is 326 Å². The fourth-order valence-corrected chi connectivity index (χ4v) is 10.8. The van der Waals surface area contributed by atoms with Crippen molar-refractivity contribution in [1.29, 1.82) is 0 Å². The van der Waals surface area contributed by atoms with Gasteiger partial charge in [-0.25, -0.2) is 0 Å². The monoisotopic (exact) mass is 726 g/mol. The van der Waals surface area contributed by atoms with Gasteiger partial charge in [0.05, 0.1) is 5.52 Å². The summed E-state index contributed by atoms with van der Waals surface area (Å²) in [6.45, 7) is 2.31. The van der Waals surface area contributed by atoms with E-state index in [1.165, 1.54) is 104 Å². The molecular weight excluding hydrogens is 685 g/mol. The van der Waals surface area contributed by atoms with E-state index in [0.29, 0.717) is 0 Å². The largest absolute Gasteiger partial charge is 0.317 e. The highest BCUT2D eigenvalue weighted by molar-refractivity contribution is 7.25. The van der Waals surface area contributed by atoms with Gasteiger partial charge < -0.3 is 9.13 Å². The Morgan fingerprint density at radius 2 is 1.53 bits per heavy atom. The summed E-state index contributed by atoms with van der Waals surface area (Å²) in [6, 6.07) is 41.2. The molecule has 0 saturated heterocycles. The number of thiophene rings is 1. The maximum atomic E-state index is 2.59. The minimum atomic E-state index is 0.952. The molecule has 266 valence electrons. The van der Waals surface area contributed by atoms with Crippen molar-refractivity contribution >= 4 is 66.3 Å². The summed E-state index contributed by atoms with van der Waals surface area (Å²) >= 11 is 1.88. The number of aromatic nitrogens is 2. The number of aryl methyl sites for hydroxylation is 1. The highest BCUT2D eigenvalue weighted by Crippen LogP contribution is 2.44. The second kappa shape index (κ2) is 13.1. The lowest BCUT2D eigenvalue weighted by atomic mass is 9.88. The molecule has 3 heterocycles. The highest BCUT2D eigenvalue weighted by atomic mass is 32.1. The molecule has 0 amide bonds. The van der Waals surface area contributed by atoms with Crippen LogP contribution in [0.3, 0.4) is 0 Å². The van der Waals surface area contributed by atoms with Gasteiger partial charge in [-0.2, -0.15) is 0 Å². The van der Waals surface area contributed by atoms with Gasteiger partial charge in [-0.1, -0.05) is 110 Å². The number of benzene rings is 5. The summed E-state index contributed by atoms with van der Waals surface area (Å²) in [5.74, 6) is 0. The minimum Gasteiger partial charge on any atom is -0.317 e. The number of allylic oxidation sites excluding steroid dienone is 5. The molecule has 3 heteroatoms. The molecule has 55 heavy (non-hydrogen) atoms. The molecule has 0 saturated carbocycles. The first-order valence-electron chi connectivity index (χ1n) is 20.0. The third-order valence-electron chi connectivity index (χ3n) is 12.2. The van der Waals surface area contributed by atoms with E-state index in [0.717, 1.165) is 44.9 Å². The van der Waals surface area contributed by atoms with Crippen LogP contribution in [0.2, 0.25) is 0 Å². The standard InChI is InChI=1S/C52H42N2S/c1-2-46-42(27-23-34-24-28-48-45(31-34)52-40-18-7-6-13-35(40)25-29-49(52)53(48)38-15-4-3-5-16-38)41-19-8-10-21-47(41)54(46)39-17-12-14-36(32-39)37-26-30-51-44(33-37)43-20-9-11-22-50(43)55-51/h3-4,6-9,11-15,17-20,22-24,26-28,30-33H,2,5,10,16,21,25,29H2,1H3/b27-23+. The summed E-state index contributed by atoms with van der Waals surface area (Å²) in [7, 11) is 0. The van der Waals surface area contributed by atoms with Gasteiger partial charge in [0.25, 0.3) is 0 Å². The van der Waals surface area contributed by atoms with E-state index in [9.17, 15) is 0 Å². The molecule has 2 nitrogen and oxygen atoms in total. The Balaban J connectivity index is 1.02. The first-order valence-corrected chi connectivity index (χ1v) is 20.8. The number of fused-ring (bicyclic) bond motifs is 9. The summed E-state index contributed by atoms with van der Waals surface area (Å²) in [4.78, 5) is 0. The average molecular weight is 727 g/mol. The fraction of sp³-hybridized carbons (Fsp3) is 0.154. The molecule has 0 bridgehead atoms. The lowest BCUT2D eigenvalue weighted by Crippen LogP contribution is -2.09. The predicted molar refractivity (Wildman–Crippen MR) is 237 cm³/mol. The van der Waals surface area contributed by atoms with Crippen LogP contribution in [0.25, 0.3) is 82.9 Å². The molecule has 3 aliphatic carbocycles. The molecule has 0 aliphatic heterocycles. The zero-order valence-corrected chi connectivity index (χ0v) is 32.0. The topological polar surface area (TPSA) is 9.86 Å². The maximum Gasteiger partial charge on any atom is 0.0535 e. The molecule has 0 unspecified atom stereocenters. The van der Waals surface area contributed by atoms with Crippen LogP contribution in [-0.2, 0) is 25.7 Å². The van der Waals surface area contributed by atoms with E-state index in [4.69, 9.17) is 0 Å². The number of nitrogens with zero attached hydrogens (tertiary/aromatic N) is 2. The van der Waals surface area contributed by atoms with Crippen LogP contribution >= 0.6 is 11.3 Å². The van der Waals surface area contributed by atoms with Crippen LogP contribution in [0.15, 0.2) is 133 Å². The Kier molecular flexibility index (Phi) is 7.77. The van der Waals surface area contributed by atoms with Gasteiger partial charge >= 0.3 is 0 Å². The van der Waals surface area contributed by atoms with Crippen LogP contribution in [0.5, 0.6) is 0 Å². The number of hydrogen-bond acceptors (Lipinski definition) is 1. The quantitative estimate of drug-likeness (QED) is 0.161. The molecule has 0 radical (unpaired) electrons. The molecular formula is C52H42N2S. The second-order valence-electron chi connectivity index (χ2n) is 15.3. The molecule has 3 aliphatic rings. The SMILES string of the molecule is CCc1c(/C=C/c2ccc3c(c2)c2c(n3C3=CC=CCC3)CCc3ccccc3-2)c2c(n1-c1cccc(-c3ccc4sc5ccccc5c4c3)c1)CCC=C2. The number of hydrogen-bond donors (Lipinski definition) is 0. The normalized spacial score (nSPS) is 14.9. The minimum absolute atomic E-state index is 0.952. The zero-order chi connectivity index (χ0) is 36.5. The molecule has 8 aromatic rings. The van der Waals surface area contributed by atoms with E-state index >= 15 is 0 Å². The fourth-order valence-electron chi connectivity index (χ4n) is 9.67. The van der Waals surface area contributed by atoms with E-state index in [1.807, 2.05) is 11.3 Å². The summed E-state index contributed by atoms with van der Waals surface area (Å²) < 4.78 is 7.85. The van der Waals surface area contributed by atoms with Gasteiger partial charge in [-0.3, -0.25) is 0 Å². The Hall–Kier alpha value is -5.90. The van der Waals surface area contributed by atoms with Crippen LogP contribution in [0, 0.1) is 0 Å². The van der Waals surface area contributed by atoms with Gasteiger partial charge in [-0.05, 0) is 121 Å². The van der Waals surface area contributed by atoms with Gasteiger partial charge in [-0.15, -0.1) is 11.3 Å². The van der Waals surface area contributed by atoms with Gasteiger partial charge in [0.1, 0.15) is 0 Å². The maximum absolute atomic E-state index is 2.59. The van der Waals surface area contributed by atoms with Crippen LogP contribution in [0.4, 0.5) is 0 Å². The highest BCUT2D eigenvalue weighted by Gasteiger charge is 2.26. The zero-order valence-electron chi connectivity index (χ0n) is 31.2. The van der Waals surface area contributed by atoms with Crippen LogP contribution in [0.1, 0.15) is 65.5 Å². The van der Waals surface area contributed by atoms with Crippen molar-refractivity contribution < 1.29 is 0 Å². The molecule has 0 atom stereocenters. The van der Waals surface area contributed by atoms with Crippen LogP contribution < -0.4 is 0 Å². The molecule has 3 aromatic heterocycles. The van der Waals surface area contributed by atoms with Gasteiger partial charge in [0, 0.05) is 70.7 Å².